The van der Waals surface area contributed by atoms with Gasteiger partial charge in [0.15, 0.2) is 6.29 Å². The standard InChI is InChI=1S/C21H21NO3/c23-15-19-10-11-20(21(22-19)18-12-14-24-16-18)25-13-6-2-5-9-17-7-3-1-4-8-17/h1,3-4,7-8,10-12,14-16H,2,5-6,9,13H2. The molecule has 0 spiro atoms. The quantitative estimate of drug-likeness (QED) is 0.410. The molecule has 0 atom stereocenters. The van der Waals surface area contributed by atoms with Crippen LogP contribution in [0.3, 0.4) is 0 Å². The topological polar surface area (TPSA) is 52.3 Å². The first-order valence-electron chi connectivity index (χ1n) is 8.52. The number of carbonyl (C=O) groups excluding carboxylic acids is 1. The van der Waals surface area contributed by atoms with Crippen molar-refractivity contribution >= 4 is 6.29 Å². The first-order chi connectivity index (χ1) is 12.4. The lowest BCUT2D eigenvalue weighted by Crippen LogP contribution is -2.01. The Bertz CT molecular complexity index is 782. The number of aryl methyl sites for hydroxylation is 1. The molecule has 0 bridgehead atoms. The van der Waals surface area contributed by atoms with Crippen molar-refractivity contribution < 1.29 is 13.9 Å². The maximum Gasteiger partial charge on any atom is 0.168 e. The van der Waals surface area contributed by atoms with E-state index < -0.39 is 0 Å². The summed E-state index contributed by atoms with van der Waals surface area (Å²) in [4.78, 5) is 15.3. The minimum atomic E-state index is 0.381. The van der Waals surface area contributed by atoms with E-state index in [1.807, 2.05) is 12.1 Å². The lowest BCUT2D eigenvalue weighted by molar-refractivity contribution is 0.111. The Morgan fingerprint density at radius 1 is 1.00 bits per heavy atom. The summed E-state index contributed by atoms with van der Waals surface area (Å²) in [5, 5.41) is 0. The van der Waals surface area contributed by atoms with Crippen LogP contribution in [0.15, 0.2) is 65.5 Å². The van der Waals surface area contributed by atoms with E-state index >= 15 is 0 Å². The van der Waals surface area contributed by atoms with Crippen molar-refractivity contribution in [3.63, 3.8) is 0 Å². The second kappa shape index (κ2) is 8.83. The third-order valence-corrected chi connectivity index (χ3v) is 4.01. The third-order valence-electron chi connectivity index (χ3n) is 4.01. The van der Waals surface area contributed by atoms with E-state index in [9.17, 15) is 4.79 Å². The van der Waals surface area contributed by atoms with Gasteiger partial charge in [-0.05, 0) is 49.4 Å². The number of furan rings is 1. The molecule has 0 aliphatic heterocycles. The summed E-state index contributed by atoms with van der Waals surface area (Å²) >= 11 is 0. The molecule has 0 fully saturated rings. The molecule has 0 aliphatic rings. The van der Waals surface area contributed by atoms with Crippen LogP contribution in [0, 0.1) is 0 Å². The maximum atomic E-state index is 11.0. The molecule has 3 aromatic rings. The summed E-state index contributed by atoms with van der Waals surface area (Å²) in [7, 11) is 0. The monoisotopic (exact) mass is 335 g/mol. The van der Waals surface area contributed by atoms with E-state index in [0.717, 1.165) is 37.5 Å². The molecule has 2 aromatic heterocycles. The molecular weight excluding hydrogens is 314 g/mol. The van der Waals surface area contributed by atoms with Gasteiger partial charge in [0.1, 0.15) is 17.1 Å². The van der Waals surface area contributed by atoms with Gasteiger partial charge in [0.25, 0.3) is 0 Å². The van der Waals surface area contributed by atoms with Crippen LogP contribution in [0.5, 0.6) is 5.75 Å². The van der Waals surface area contributed by atoms with Crippen molar-refractivity contribution in [2.45, 2.75) is 25.7 Å². The highest BCUT2D eigenvalue weighted by Crippen LogP contribution is 2.28. The Morgan fingerprint density at radius 2 is 1.88 bits per heavy atom. The SMILES string of the molecule is O=Cc1ccc(OCCCCCc2ccccc2)c(-c2ccoc2)n1. The predicted molar refractivity (Wildman–Crippen MR) is 96.8 cm³/mol. The van der Waals surface area contributed by atoms with Crippen molar-refractivity contribution in [2.75, 3.05) is 6.61 Å². The van der Waals surface area contributed by atoms with Crippen molar-refractivity contribution in [3.05, 3.63) is 72.3 Å². The van der Waals surface area contributed by atoms with Gasteiger partial charge in [0, 0.05) is 5.56 Å². The number of aldehydes is 1. The summed E-state index contributed by atoms with van der Waals surface area (Å²) < 4.78 is 11.0. The van der Waals surface area contributed by atoms with Gasteiger partial charge in [-0.15, -0.1) is 0 Å². The highest BCUT2D eigenvalue weighted by molar-refractivity contribution is 5.75. The minimum Gasteiger partial charge on any atom is -0.491 e. The largest absolute Gasteiger partial charge is 0.491 e. The van der Waals surface area contributed by atoms with Crippen LogP contribution >= 0.6 is 0 Å². The van der Waals surface area contributed by atoms with Gasteiger partial charge in [-0.2, -0.15) is 0 Å². The van der Waals surface area contributed by atoms with E-state index in [2.05, 4.69) is 29.2 Å². The summed E-state index contributed by atoms with van der Waals surface area (Å²) in [5.41, 5.74) is 3.20. The van der Waals surface area contributed by atoms with Gasteiger partial charge in [-0.3, -0.25) is 4.79 Å². The van der Waals surface area contributed by atoms with E-state index in [1.54, 1.807) is 24.7 Å². The van der Waals surface area contributed by atoms with Gasteiger partial charge in [-0.1, -0.05) is 30.3 Å². The summed E-state index contributed by atoms with van der Waals surface area (Å²) in [6.07, 6.45) is 8.24. The number of carbonyl (C=O) groups is 1. The van der Waals surface area contributed by atoms with E-state index in [1.165, 1.54) is 5.56 Å². The molecule has 0 unspecified atom stereocenters. The molecule has 0 N–H and O–H groups in total. The smallest absolute Gasteiger partial charge is 0.168 e. The van der Waals surface area contributed by atoms with E-state index in [0.29, 0.717) is 23.7 Å². The summed E-state index contributed by atoms with van der Waals surface area (Å²) in [6, 6.07) is 15.8. The van der Waals surface area contributed by atoms with Crippen LogP contribution in [0.1, 0.15) is 35.3 Å². The fourth-order valence-corrected chi connectivity index (χ4v) is 2.68. The number of hydrogen-bond donors (Lipinski definition) is 0. The average molecular weight is 335 g/mol. The van der Waals surface area contributed by atoms with Crippen LogP contribution in [-0.2, 0) is 6.42 Å². The molecular formula is C21H21NO3. The molecule has 1 aromatic carbocycles. The van der Waals surface area contributed by atoms with Crippen molar-refractivity contribution in [1.82, 2.24) is 4.98 Å². The fraction of sp³-hybridized carbons (Fsp3) is 0.238. The van der Waals surface area contributed by atoms with Crippen LogP contribution in [0.25, 0.3) is 11.3 Å². The zero-order valence-electron chi connectivity index (χ0n) is 14.1. The Labute approximate surface area is 147 Å². The first-order valence-corrected chi connectivity index (χ1v) is 8.52. The zero-order valence-corrected chi connectivity index (χ0v) is 14.1. The van der Waals surface area contributed by atoms with Gasteiger partial charge in [0.05, 0.1) is 19.1 Å². The Kier molecular flexibility index (Phi) is 5.99. The van der Waals surface area contributed by atoms with Crippen LogP contribution in [0.4, 0.5) is 0 Å². The van der Waals surface area contributed by atoms with Crippen molar-refractivity contribution in [3.8, 4) is 17.0 Å². The number of pyridine rings is 1. The predicted octanol–water partition coefficient (Wildman–Crippen LogP) is 4.95. The van der Waals surface area contributed by atoms with E-state index in [-0.39, 0.29) is 0 Å². The van der Waals surface area contributed by atoms with Gasteiger partial charge in [-0.25, -0.2) is 4.98 Å². The number of hydrogen-bond acceptors (Lipinski definition) is 4. The molecule has 25 heavy (non-hydrogen) atoms. The Morgan fingerprint density at radius 3 is 2.64 bits per heavy atom. The zero-order chi connectivity index (χ0) is 17.3. The summed E-state index contributed by atoms with van der Waals surface area (Å²) in [5.74, 6) is 0.676. The highest BCUT2D eigenvalue weighted by Gasteiger charge is 2.11. The Balaban J connectivity index is 1.50. The number of ether oxygens (including phenoxy) is 1. The van der Waals surface area contributed by atoms with Crippen LogP contribution in [0.2, 0.25) is 0 Å². The normalized spacial score (nSPS) is 10.6. The number of unbranched alkanes of at least 4 members (excludes halogenated alkanes) is 2. The summed E-state index contributed by atoms with van der Waals surface area (Å²) in [6.45, 7) is 0.627. The number of nitrogens with zero attached hydrogens (tertiary/aromatic N) is 1. The average Bonchev–Trinajstić information content (AvgIpc) is 3.20. The molecule has 128 valence electrons. The van der Waals surface area contributed by atoms with Crippen LogP contribution < -0.4 is 4.74 Å². The lowest BCUT2D eigenvalue weighted by Gasteiger charge is -2.10. The van der Waals surface area contributed by atoms with Gasteiger partial charge in [0.2, 0.25) is 0 Å². The molecule has 0 saturated carbocycles. The molecule has 3 rings (SSSR count). The fourth-order valence-electron chi connectivity index (χ4n) is 2.68. The molecule has 0 aliphatic carbocycles. The Hall–Kier alpha value is -2.88. The molecule has 0 radical (unpaired) electrons. The second-order valence-electron chi connectivity index (χ2n) is 5.86. The van der Waals surface area contributed by atoms with Gasteiger partial charge < -0.3 is 9.15 Å². The number of aromatic nitrogens is 1. The highest BCUT2D eigenvalue weighted by atomic mass is 16.5. The number of rotatable bonds is 9. The minimum absolute atomic E-state index is 0.381. The third kappa shape index (κ3) is 4.80. The van der Waals surface area contributed by atoms with Crippen molar-refractivity contribution in [1.29, 1.82) is 0 Å². The second-order valence-corrected chi connectivity index (χ2v) is 5.86. The van der Waals surface area contributed by atoms with E-state index in [4.69, 9.17) is 9.15 Å². The first kappa shape index (κ1) is 17.0. The molecule has 2 heterocycles. The lowest BCUT2D eigenvalue weighted by atomic mass is 10.1. The molecule has 0 saturated heterocycles. The molecule has 0 amide bonds. The van der Waals surface area contributed by atoms with Gasteiger partial charge >= 0.3 is 0 Å². The molecule has 4 nitrogen and oxygen atoms in total. The van der Waals surface area contributed by atoms with Crippen molar-refractivity contribution in [2.24, 2.45) is 0 Å². The van der Waals surface area contributed by atoms with Crippen LogP contribution in [-0.4, -0.2) is 17.9 Å². The maximum absolute atomic E-state index is 11.0. The number of benzene rings is 1. The molecule has 4 heteroatoms.